The van der Waals surface area contributed by atoms with Gasteiger partial charge in [-0.2, -0.15) is 13.2 Å². The topological polar surface area (TPSA) is 59.8 Å². The molecule has 1 aliphatic rings. The minimum Gasteiger partial charge on any atom is -0.322 e. The summed E-state index contributed by atoms with van der Waals surface area (Å²) in [7, 11) is 0. The van der Waals surface area contributed by atoms with Crippen LogP contribution in [0.5, 0.6) is 0 Å². The molecule has 1 aliphatic heterocycles. The first-order valence-electron chi connectivity index (χ1n) is 9.59. The molecule has 0 atom stereocenters. The number of nitrogens with zero attached hydrogens (tertiary/aromatic N) is 3. The highest BCUT2D eigenvalue weighted by Gasteiger charge is 2.29. The van der Waals surface area contributed by atoms with Crippen LogP contribution >= 0.6 is 11.8 Å². The molecule has 0 saturated carbocycles. The van der Waals surface area contributed by atoms with Crippen molar-refractivity contribution in [1.82, 2.24) is 14.8 Å². The molecule has 0 fully saturated rings. The minimum absolute atomic E-state index is 0.0378. The van der Waals surface area contributed by atoms with Gasteiger partial charge in [-0.3, -0.25) is 4.79 Å². The van der Waals surface area contributed by atoms with E-state index in [4.69, 9.17) is 0 Å². The summed E-state index contributed by atoms with van der Waals surface area (Å²) in [6.45, 7) is 0.902. The van der Waals surface area contributed by atoms with Gasteiger partial charge in [0.1, 0.15) is 5.82 Å². The van der Waals surface area contributed by atoms with Gasteiger partial charge in [0.15, 0.2) is 5.82 Å². The maximum Gasteiger partial charge on any atom is 0.446 e. The summed E-state index contributed by atoms with van der Waals surface area (Å²) < 4.78 is 39.4. The Hall–Kier alpha value is -2.81. The van der Waals surface area contributed by atoms with Crippen molar-refractivity contribution in [3.8, 4) is 11.4 Å². The summed E-state index contributed by atoms with van der Waals surface area (Å²) in [5.41, 5.74) is -2.56. The highest BCUT2D eigenvalue weighted by Crippen LogP contribution is 2.36. The lowest BCUT2D eigenvalue weighted by molar-refractivity contribution is -0.0328. The van der Waals surface area contributed by atoms with Crippen molar-refractivity contribution in [3.05, 3.63) is 59.9 Å². The predicted octanol–water partition coefficient (Wildman–Crippen LogP) is 5.54. The molecule has 30 heavy (non-hydrogen) atoms. The maximum atomic E-state index is 12.4. The highest BCUT2D eigenvalue weighted by atomic mass is 32.2. The van der Waals surface area contributed by atoms with E-state index < -0.39 is 5.51 Å². The van der Waals surface area contributed by atoms with Crippen LogP contribution in [0.15, 0.2) is 53.4 Å². The molecule has 156 valence electrons. The van der Waals surface area contributed by atoms with Gasteiger partial charge in [-0.1, -0.05) is 6.42 Å². The zero-order valence-corrected chi connectivity index (χ0v) is 16.8. The fourth-order valence-corrected chi connectivity index (χ4v) is 3.95. The predicted molar refractivity (Wildman–Crippen MR) is 109 cm³/mol. The number of carbonyl (C=O) groups is 1. The van der Waals surface area contributed by atoms with Gasteiger partial charge >= 0.3 is 5.51 Å². The van der Waals surface area contributed by atoms with Crippen molar-refractivity contribution in [2.24, 2.45) is 0 Å². The lowest BCUT2D eigenvalue weighted by atomic mass is 10.1. The molecule has 4 rings (SSSR count). The molecular weight excluding hydrogens is 413 g/mol. The van der Waals surface area contributed by atoms with Crippen LogP contribution in [-0.4, -0.2) is 26.2 Å². The maximum absolute atomic E-state index is 12.4. The van der Waals surface area contributed by atoms with Gasteiger partial charge in [0.25, 0.3) is 5.91 Å². The Morgan fingerprint density at radius 1 is 0.967 bits per heavy atom. The van der Waals surface area contributed by atoms with E-state index in [0.717, 1.165) is 43.0 Å². The fraction of sp³-hybridized carbons (Fsp3) is 0.286. The van der Waals surface area contributed by atoms with E-state index >= 15 is 0 Å². The van der Waals surface area contributed by atoms with Gasteiger partial charge in [-0.25, -0.2) is 0 Å². The third-order valence-electron chi connectivity index (χ3n) is 4.86. The summed E-state index contributed by atoms with van der Waals surface area (Å²) in [6, 6.07) is 12.6. The third kappa shape index (κ3) is 4.84. The Kier molecular flexibility index (Phi) is 5.80. The second kappa shape index (κ2) is 8.51. The standard InChI is InChI=1S/C21H19F3N4OS/c22-21(23,24)30-17-11-7-15(8-12-17)20(29)25-16-9-5-14(6-10-16)19-27-26-18-4-2-1-3-13-28(18)19/h5-12H,1-4,13H2,(H,25,29). The normalized spacial score (nSPS) is 14.1. The van der Waals surface area contributed by atoms with Crippen molar-refractivity contribution in [3.63, 3.8) is 0 Å². The number of halogens is 3. The van der Waals surface area contributed by atoms with Crippen molar-refractivity contribution in [2.45, 2.75) is 42.6 Å². The second-order valence-corrected chi connectivity index (χ2v) is 8.14. The number of benzene rings is 2. The van der Waals surface area contributed by atoms with E-state index in [0.29, 0.717) is 5.69 Å². The molecule has 0 radical (unpaired) electrons. The Morgan fingerprint density at radius 2 is 1.70 bits per heavy atom. The third-order valence-corrected chi connectivity index (χ3v) is 5.60. The number of hydrogen-bond acceptors (Lipinski definition) is 4. The smallest absolute Gasteiger partial charge is 0.322 e. The van der Waals surface area contributed by atoms with Crippen LogP contribution in [0.2, 0.25) is 0 Å². The largest absolute Gasteiger partial charge is 0.446 e. The van der Waals surface area contributed by atoms with Crippen molar-refractivity contribution < 1.29 is 18.0 Å². The van der Waals surface area contributed by atoms with E-state index in [1.54, 1.807) is 12.1 Å². The second-order valence-electron chi connectivity index (χ2n) is 7.01. The van der Waals surface area contributed by atoms with Crippen LogP contribution in [0.25, 0.3) is 11.4 Å². The summed E-state index contributed by atoms with van der Waals surface area (Å²) in [4.78, 5) is 12.4. The average Bonchev–Trinajstić information content (AvgIpc) is 2.96. The highest BCUT2D eigenvalue weighted by molar-refractivity contribution is 8.00. The SMILES string of the molecule is O=C(Nc1ccc(-c2nnc3n2CCCCC3)cc1)c1ccc(SC(F)(F)F)cc1. The zero-order valence-electron chi connectivity index (χ0n) is 15.9. The van der Waals surface area contributed by atoms with E-state index in [1.165, 1.54) is 30.7 Å². The average molecular weight is 432 g/mol. The molecule has 1 aromatic heterocycles. The summed E-state index contributed by atoms with van der Waals surface area (Å²) in [6.07, 6.45) is 4.34. The zero-order chi connectivity index (χ0) is 21.1. The molecule has 0 aliphatic carbocycles. The molecule has 3 aromatic rings. The molecule has 1 N–H and O–H groups in total. The van der Waals surface area contributed by atoms with Crippen molar-refractivity contribution in [1.29, 1.82) is 0 Å². The number of amides is 1. The Morgan fingerprint density at radius 3 is 2.40 bits per heavy atom. The van der Waals surface area contributed by atoms with E-state index in [2.05, 4.69) is 20.1 Å². The van der Waals surface area contributed by atoms with Crippen LogP contribution in [0, 0.1) is 0 Å². The Labute approximate surface area is 175 Å². The van der Waals surface area contributed by atoms with Gasteiger partial charge in [0.05, 0.1) is 0 Å². The Balaban J connectivity index is 1.44. The first-order chi connectivity index (χ1) is 14.4. The monoisotopic (exact) mass is 432 g/mol. The first kappa shape index (κ1) is 20.5. The van der Waals surface area contributed by atoms with Crippen molar-refractivity contribution >= 4 is 23.4 Å². The van der Waals surface area contributed by atoms with Crippen LogP contribution < -0.4 is 5.32 Å². The number of carbonyl (C=O) groups excluding carboxylic acids is 1. The van der Waals surface area contributed by atoms with E-state index in [-0.39, 0.29) is 28.1 Å². The Bertz CT molecular complexity index is 1030. The molecule has 2 heterocycles. The quantitative estimate of drug-likeness (QED) is 0.550. The molecule has 0 saturated heterocycles. The van der Waals surface area contributed by atoms with Gasteiger partial charge in [-0.15, -0.1) is 10.2 Å². The summed E-state index contributed by atoms with van der Waals surface area (Å²) in [5, 5.41) is 11.4. The minimum atomic E-state index is -4.35. The number of nitrogens with one attached hydrogen (secondary N) is 1. The lowest BCUT2D eigenvalue weighted by Crippen LogP contribution is -2.11. The van der Waals surface area contributed by atoms with Crippen LogP contribution in [0.4, 0.5) is 18.9 Å². The van der Waals surface area contributed by atoms with Gasteiger partial charge in [0, 0.05) is 34.7 Å². The van der Waals surface area contributed by atoms with Gasteiger partial charge in [0.2, 0.25) is 0 Å². The van der Waals surface area contributed by atoms with E-state index in [1.807, 2.05) is 12.1 Å². The molecule has 2 aromatic carbocycles. The van der Waals surface area contributed by atoms with E-state index in [9.17, 15) is 18.0 Å². The molecular formula is C21H19F3N4OS. The van der Waals surface area contributed by atoms with Gasteiger partial charge in [-0.05, 0) is 73.1 Å². The number of rotatable bonds is 4. The molecule has 1 amide bonds. The lowest BCUT2D eigenvalue weighted by Gasteiger charge is -2.09. The molecule has 0 bridgehead atoms. The number of anilines is 1. The van der Waals surface area contributed by atoms with Crippen molar-refractivity contribution in [2.75, 3.05) is 5.32 Å². The first-order valence-corrected chi connectivity index (χ1v) is 10.4. The molecule has 9 heteroatoms. The number of thioether (sulfide) groups is 1. The van der Waals surface area contributed by atoms with Crippen LogP contribution in [0.1, 0.15) is 35.4 Å². The molecule has 0 spiro atoms. The summed E-state index contributed by atoms with van der Waals surface area (Å²) in [5.74, 6) is 1.44. The summed E-state index contributed by atoms with van der Waals surface area (Å²) >= 11 is -0.208. The van der Waals surface area contributed by atoms with Crippen LogP contribution in [0.3, 0.4) is 0 Å². The fourth-order valence-electron chi connectivity index (χ4n) is 3.41. The molecule has 0 unspecified atom stereocenters. The number of alkyl halides is 3. The number of fused-ring (bicyclic) bond motifs is 1. The number of aromatic nitrogens is 3. The van der Waals surface area contributed by atoms with Crippen LogP contribution in [-0.2, 0) is 13.0 Å². The van der Waals surface area contributed by atoms with Gasteiger partial charge < -0.3 is 9.88 Å². The number of hydrogen-bond donors (Lipinski definition) is 1. The molecule has 5 nitrogen and oxygen atoms in total. The number of aryl methyl sites for hydroxylation is 1.